The van der Waals surface area contributed by atoms with E-state index in [0.717, 1.165) is 18.5 Å². The lowest BCUT2D eigenvalue weighted by molar-refractivity contribution is 0.155. The molecule has 0 aliphatic heterocycles. The zero-order valence-corrected chi connectivity index (χ0v) is 17.2. The second-order valence-corrected chi connectivity index (χ2v) is 9.33. The van der Waals surface area contributed by atoms with Crippen molar-refractivity contribution in [3.8, 4) is 5.69 Å². The van der Waals surface area contributed by atoms with E-state index in [1.807, 2.05) is 10.9 Å². The van der Waals surface area contributed by atoms with Crippen molar-refractivity contribution in [1.82, 2.24) is 9.78 Å². The Morgan fingerprint density at radius 1 is 1.25 bits per heavy atom. The lowest BCUT2D eigenvalue weighted by atomic mass is 9.56. The third-order valence-corrected chi connectivity index (χ3v) is 7.71. The molecule has 1 fully saturated rings. The summed E-state index contributed by atoms with van der Waals surface area (Å²) in [7, 11) is 0. The number of halogens is 1. The Morgan fingerprint density at radius 2 is 2.07 bits per heavy atom. The van der Waals surface area contributed by atoms with Crippen LogP contribution in [0.5, 0.6) is 0 Å². The summed E-state index contributed by atoms with van der Waals surface area (Å²) in [6.07, 6.45) is 9.12. The molecule has 2 heterocycles. The number of rotatable bonds is 3. The number of hydrogen-bond acceptors (Lipinski definition) is 2. The van der Waals surface area contributed by atoms with E-state index in [1.54, 1.807) is 29.0 Å². The fourth-order valence-electron chi connectivity index (χ4n) is 5.44. The van der Waals surface area contributed by atoms with Crippen LogP contribution in [-0.2, 0) is 6.42 Å². The average molecular weight is 393 g/mol. The largest absolute Gasteiger partial charge is 0.233 e. The average Bonchev–Trinajstić information content (AvgIpc) is 3.35. The normalized spacial score (nSPS) is 25.0. The van der Waals surface area contributed by atoms with E-state index in [-0.39, 0.29) is 11.2 Å². The standard InChI is InChI=1S/C24H25FN2S/c1-16(17-10-11-28-15-17)22-5-3-4-19-12-23-18(13-24(19,22)2)14-26-27(23)21-8-6-20(25)7-9-21/h6-12,14-16,22H,3-5,13H2,1-2H3/t16?,22-,24+/m1/s1. The van der Waals surface area contributed by atoms with Gasteiger partial charge in [0.2, 0.25) is 0 Å². The van der Waals surface area contributed by atoms with Gasteiger partial charge >= 0.3 is 0 Å². The highest BCUT2D eigenvalue weighted by Crippen LogP contribution is 2.55. The van der Waals surface area contributed by atoms with Gasteiger partial charge in [-0.25, -0.2) is 9.07 Å². The van der Waals surface area contributed by atoms with E-state index in [2.05, 4.69) is 41.8 Å². The summed E-state index contributed by atoms with van der Waals surface area (Å²) in [5, 5.41) is 9.16. The van der Waals surface area contributed by atoms with Gasteiger partial charge in [-0.3, -0.25) is 0 Å². The third kappa shape index (κ3) is 2.77. The van der Waals surface area contributed by atoms with Crippen molar-refractivity contribution in [3.63, 3.8) is 0 Å². The molecule has 0 amide bonds. The van der Waals surface area contributed by atoms with Gasteiger partial charge in [0.15, 0.2) is 0 Å². The molecule has 2 aliphatic carbocycles. The maximum atomic E-state index is 13.3. The van der Waals surface area contributed by atoms with E-state index in [0.29, 0.717) is 11.8 Å². The highest BCUT2D eigenvalue weighted by Gasteiger charge is 2.45. The first-order valence-corrected chi connectivity index (χ1v) is 11.1. The Morgan fingerprint density at radius 3 is 2.82 bits per heavy atom. The minimum Gasteiger partial charge on any atom is -0.233 e. The molecule has 3 aromatic rings. The van der Waals surface area contributed by atoms with Crippen LogP contribution in [0.4, 0.5) is 4.39 Å². The summed E-state index contributed by atoms with van der Waals surface area (Å²) in [5.41, 5.74) is 6.61. The Hall–Kier alpha value is -2.20. The van der Waals surface area contributed by atoms with Gasteiger partial charge in [0.05, 0.1) is 17.6 Å². The fraction of sp³-hybridized carbons (Fsp3) is 0.375. The Kier molecular flexibility index (Phi) is 4.27. The number of benzene rings is 1. The molecule has 144 valence electrons. The molecule has 5 rings (SSSR count). The fourth-order valence-corrected chi connectivity index (χ4v) is 6.20. The molecular weight excluding hydrogens is 367 g/mol. The Labute approximate surface area is 169 Å². The van der Waals surface area contributed by atoms with Crippen molar-refractivity contribution >= 4 is 17.4 Å². The topological polar surface area (TPSA) is 17.8 Å². The molecular formula is C24H25FN2S. The first-order valence-electron chi connectivity index (χ1n) is 10.1. The van der Waals surface area contributed by atoms with Crippen LogP contribution in [0.1, 0.15) is 55.8 Å². The van der Waals surface area contributed by atoms with Gasteiger partial charge < -0.3 is 0 Å². The molecule has 0 saturated heterocycles. The molecule has 2 aliphatic rings. The van der Waals surface area contributed by atoms with Crippen LogP contribution in [0.2, 0.25) is 0 Å². The number of fused-ring (bicyclic) bond motifs is 2. The smallest absolute Gasteiger partial charge is 0.123 e. The molecule has 2 nitrogen and oxygen atoms in total. The van der Waals surface area contributed by atoms with Crippen molar-refractivity contribution < 1.29 is 4.39 Å². The number of hydrogen-bond donors (Lipinski definition) is 0. The van der Waals surface area contributed by atoms with Crippen LogP contribution < -0.4 is 0 Å². The van der Waals surface area contributed by atoms with Gasteiger partial charge in [0, 0.05) is 0 Å². The third-order valence-electron chi connectivity index (χ3n) is 7.01. The molecule has 0 spiro atoms. The summed E-state index contributed by atoms with van der Waals surface area (Å²) < 4.78 is 15.3. The summed E-state index contributed by atoms with van der Waals surface area (Å²) >= 11 is 1.80. The number of nitrogens with zero attached hydrogens (tertiary/aromatic N) is 2. The molecule has 0 N–H and O–H groups in total. The Balaban J connectivity index is 1.54. The first kappa shape index (κ1) is 17.9. The van der Waals surface area contributed by atoms with E-state index in [4.69, 9.17) is 0 Å². The zero-order valence-electron chi connectivity index (χ0n) is 16.4. The van der Waals surface area contributed by atoms with Crippen LogP contribution in [0.3, 0.4) is 0 Å². The molecule has 4 heteroatoms. The van der Waals surface area contributed by atoms with Gasteiger partial charge in [-0.2, -0.15) is 16.4 Å². The second-order valence-electron chi connectivity index (χ2n) is 8.55. The molecule has 3 atom stereocenters. The van der Waals surface area contributed by atoms with Crippen LogP contribution in [-0.4, -0.2) is 9.78 Å². The van der Waals surface area contributed by atoms with Gasteiger partial charge in [0.25, 0.3) is 0 Å². The number of allylic oxidation sites excluding steroid dienone is 1. The van der Waals surface area contributed by atoms with Gasteiger partial charge in [0.1, 0.15) is 5.82 Å². The minimum absolute atomic E-state index is 0.184. The number of thiophene rings is 1. The molecule has 0 bridgehead atoms. The van der Waals surface area contributed by atoms with Gasteiger partial charge in [-0.1, -0.05) is 19.4 Å². The summed E-state index contributed by atoms with van der Waals surface area (Å²) in [5.74, 6) is 0.992. The van der Waals surface area contributed by atoms with Gasteiger partial charge in [-0.05, 0) is 101 Å². The monoisotopic (exact) mass is 392 g/mol. The molecule has 0 radical (unpaired) electrons. The highest BCUT2D eigenvalue weighted by atomic mass is 32.1. The van der Waals surface area contributed by atoms with Gasteiger partial charge in [-0.15, -0.1) is 0 Å². The van der Waals surface area contributed by atoms with Crippen molar-refractivity contribution in [2.75, 3.05) is 0 Å². The predicted molar refractivity (Wildman–Crippen MR) is 113 cm³/mol. The van der Waals surface area contributed by atoms with Crippen LogP contribution in [0.25, 0.3) is 11.8 Å². The molecule has 1 unspecified atom stereocenters. The first-order chi connectivity index (χ1) is 13.6. The van der Waals surface area contributed by atoms with Crippen molar-refractivity contribution in [1.29, 1.82) is 0 Å². The van der Waals surface area contributed by atoms with Crippen LogP contribution >= 0.6 is 11.3 Å². The second kappa shape index (κ2) is 6.70. The summed E-state index contributed by atoms with van der Waals surface area (Å²) in [6, 6.07) is 8.90. The van der Waals surface area contributed by atoms with E-state index in [1.165, 1.54) is 41.8 Å². The lowest BCUT2D eigenvalue weighted by Crippen LogP contribution is -2.39. The highest BCUT2D eigenvalue weighted by molar-refractivity contribution is 7.07. The van der Waals surface area contributed by atoms with Crippen LogP contribution in [0.15, 0.2) is 52.9 Å². The SMILES string of the molecule is CC(c1ccsc1)[C@H]1CCCC2=Cc3c(cnn3-c3ccc(F)cc3)C[C@@]21C. The van der Waals surface area contributed by atoms with E-state index < -0.39 is 0 Å². The molecule has 1 aromatic carbocycles. The maximum Gasteiger partial charge on any atom is 0.123 e. The quantitative estimate of drug-likeness (QED) is 0.489. The summed E-state index contributed by atoms with van der Waals surface area (Å²) in [4.78, 5) is 0. The van der Waals surface area contributed by atoms with Crippen molar-refractivity contribution in [3.05, 3.63) is 75.5 Å². The number of aromatic nitrogens is 2. The van der Waals surface area contributed by atoms with E-state index in [9.17, 15) is 4.39 Å². The molecule has 2 aromatic heterocycles. The van der Waals surface area contributed by atoms with Crippen molar-refractivity contribution in [2.45, 2.75) is 45.4 Å². The molecule has 1 saturated carbocycles. The lowest BCUT2D eigenvalue weighted by Gasteiger charge is -2.48. The zero-order chi connectivity index (χ0) is 19.3. The van der Waals surface area contributed by atoms with Crippen molar-refractivity contribution in [2.24, 2.45) is 11.3 Å². The minimum atomic E-state index is -0.215. The van der Waals surface area contributed by atoms with E-state index >= 15 is 0 Å². The maximum absolute atomic E-state index is 13.3. The summed E-state index contributed by atoms with van der Waals surface area (Å²) in [6.45, 7) is 4.86. The predicted octanol–water partition coefficient (Wildman–Crippen LogP) is 6.62. The molecule has 28 heavy (non-hydrogen) atoms. The van der Waals surface area contributed by atoms with Crippen LogP contribution in [0, 0.1) is 17.2 Å². The Bertz CT molecular complexity index is 1020.